The minimum Gasteiger partial charge on any atom is -0.496 e. The minimum atomic E-state index is -1.03. The molecular weight excluding hydrogens is 378 g/mol. The van der Waals surface area contributed by atoms with Gasteiger partial charge in [-0.15, -0.1) is 11.3 Å². The highest BCUT2D eigenvalue weighted by Crippen LogP contribution is 2.37. The average Bonchev–Trinajstić information content (AvgIpc) is 3.26. The highest BCUT2D eigenvalue weighted by molar-refractivity contribution is 7.13. The molecule has 0 aliphatic heterocycles. The van der Waals surface area contributed by atoms with Gasteiger partial charge in [0, 0.05) is 28.8 Å². The molecule has 28 heavy (non-hydrogen) atoms. The van der Waals surface area contributed by atoms with Crippen molar-refractivity contribution in [1.29, 1.82) is 0 Å². The lowest BCUT2D eigenvalue weighted by Gasteiger charge is -2.12. The quantitative estimate of drug-likeness (QED) is 0.471. The summed E-state index contributed by atoms with van der Waals surface area (Å²) in [5.74, 6) is -0.0974. The zero-order valence-corrected chi connectivity index (χ0v) is 16.0. The van der Waals surface area contributed by atoms with Crippen molar-refractivity contribution < 1.29 is 24.2 Å². The molecule has 142 valence electrons. The van der Waals surface area contributed by atoms with E-state index < -0.39 is 5.97 Å². The predicted molar refractivity (Wildman–Crippen MR) is 107 cm³/mol. The number of rotatable bonds is 7. The summed E-state index contributed by atoms with van der Waals surface area (Å²) >= 11 is 1.48. The minimum absolute atomic E-state index is 0.130. The zero-order valence-electron chi connectivity index (χ0n) is 15.2. The van der Waals surface area contributed by atoms with Crippen LogP contribution in [0, 0.1) is 0 Å². The number of allylic oxidation sites excluding steroid dienone is 1. The molecule has 1 heterocycles. The lowest BCUT2D eigenvalue weighted by atomic mass is 10.0. The van der Waals surface area contributed by atoms with Gasteiger partial charge in [-0.1, -0.05) is 12.1 Å². The number of aromatic carboxylic acids is 1. The van der Waals surface area contributed by atoms with Crippen molar-refractivity contribution in [2.45, 2.75) is 0 Å². The molecule has 6 nitrogen and oxygen atoms in total. The third-order valence-corrected chi connectivity index (χ3v) is 4.85. The number of thiazole rings is 1. The van der Waals surface area contributed by atoms with Crippen molar-refractivity contribution in [3.63, 3.8) is 0 Å². The first kappa shape index (κ1) is 19.3. The molecule has 1 aromatic heterocycles. The van der Waals surface area contributed by atoms with E-state index in [1.165, 1.54) is 41.7 Å². The van der Waals surface area contributed by atoms with Crippen LogP contribution in [-0.2, 0) is 0 Å². The summed E-state index contributed by atoms with van der Waals surface area (Å²) in [4.78, 5) is 27.7. The van der Waals surface area contributed by atoms with Gasteiger partial charge in [-0.25, -0.2) is 9.78 Å². The number of carboxylic acid groups (broad SMARTS) is 1. The van der Waals surface area contributed by atoms with Crippen LogP contribution in [0.2, 0.25) is 0 Å². The zero-order chi connectivity index (χ0) is 20.1. The van der Waals surface area contributed by atoms with Gasteiger partial charge in [-0.2, -0.15) is 0 Å². The molecule has 0 saturated heterocycles. The second kappa shape index (κ2) is 8.49. The standard InChI is InChI=1S/C21H17NO5S/c1-26-18-12-19(27-2)16(20-22-9-10-28-20)11-15(18)7-8-17(23)13-3-5-14(6-4-13)21(24)25/h3-12H,1-2H3,(H,24,25). The molecule has 1 N–H and O–H groups in total. The normalized spacial score (nSPS) is 10.8. The molecule has 0 aliphatic rings. The molecule has 0 saturated carbocycles. The van der Waals surface area contributed by atoms with Gasteiger partial charge in [0.1, 0.15) is 16.5 Å². The van der Waals surface area contributed by atoms with E-state index in [9.17, 15) is 9.59 Å². The fourth-order valence-corrected chi connectivity index (χ4v) is 3.27. The second-order valence-corrected chi connectivity index (χ2v) is 6.61. The number of carbonyl (C=O) groups excluding carboxylic acids is 1. The Hall–Kier alpha value is -3.45. The number of hydrogen-bond donors (Lipinski definition) is 1. The summed E-state index contributed by atoms with van der Waals surface area (Å²) < 4.78 is 10.9. The lowest BCUT2D eigenvalue weighted by molar-refractivity contribution is 0.0696. The number of methoxy groups -OCH3 is 2. The van der Waals surface area contributed by atoms with Crippen molar-refractivity contribution in [1.82, 2.24) is 4.98 Å². The number of hydrogen-bond acceptors (Lipinski definition) is 6. The molecule has 0 aliphatic carbocycles. The van der Waals surface area contributed by atoms with Crippen LogP contribution in [0.15, 0.2) is 54.1 Å². The second-order valence-electron chi connectivity index (χ2n) is 5.71. The molecule has 2 aromatic carbocycles. The first-order valence-electron chi connectivity index (χ1n) is 8.25. The molecule has 0 amide bonds. The summed E-state index contributed by atoms with van der Waals surface area (Å²) in [6.45, 7) is 0. The Kier molecular flexibility index (Phi) is 5.86. The van der Waals surface area contributed by atoms with Gasteiger partial charge in [-0.05, 0) is 30.4 Å². The van der Waals surface area contributed by atoms with E-state index in [1.54, 1.807) is 32.6 Å². The topological polar surface area (TPSA) is 85.7 Å². The van der Waals surface area contributed by atoms with Gasteiger partial charge in [0.15, 0.2) is 5.78 Å². The van der Waals surface area contributed by atoms with Gasteiger partial charge < -0.3 is 14.6 Å². The van der Waals surface area contributed by atoms with E-state index in [0.29, 0.717) is 22.6 Å². The summed E-state index contributed by atoms with van der Waals surface area (Å²) in [5.41, 5.74) is 2.03. The van der Waals surface area contributed by atoms with Gasteiger partial charge in [0.25, 0.3) is 0 Å². The maximum Gasteiger partial charge on any atom is 0.335 e. The maximum atomic E-state index is 12.4. The number of benzene rings is 2. The third-order valence-electron chi connectivity index (χ3n) is 4.05. The monoisotopic (exact) mass is 395 g/mol. The van der Waals surface area contributed by atoms with Crippen molar-refractivity contribution >= 4 is 29.2 Å². The van der Waals surface area contributed by atoms with E-state index >= 15 is 0 Å². The Balaban J connectivity index is 1.93. The van der Waals surface area contributed by atoms with Crippen molar-refractivity contribution in [2.75, 3.05) is 14.2 Å². The van der Waals surface area contributed by atoms with Gasteiger partial charge >= 0.3 is 5.97 Å². The largest absolute Gasteiger partial charge is 0.496 e. The summed E-state index contributed by atoms with van der Waals surface area (Å²) in [6.07, 6.45) is 4.79. The van der Waals surface area contributed by atoms with Gasteiger partial charge in [0.2, 0.25) is 0 Å². The molecule has 0 unspecified atom stereocenters. The molecule has 3 rings (SSSR count). The van der Waals surface area contributed by atoms with Crippen molar-refractivity contribution in [2.24, 2.45) is 0 Å². The number of nitrogens with zero attached hydrogens (tertiary/aromatic N) is 1. The number of ether oxygens (including phenoxy) is 2. The Morgan fingerprint density at radius 2 is 1.71 bits per heavy atom. The van der Waals surface area contributed by atoms with Crippen molar-refractivity contribution in [3.8, 4) is 22.1 Å². The Morgan fingerprint density at radius 1 is 1.04 bits per heavy atom. The van der Waals surface area contributed by atoms with Crippen LogP contribution in [0.1, 0.15) is 26.3 Å². The molecule has 0 radical (unpaired) electrons. The Labute approximate surface area is 165 Å². The summed E-state index contributed by atoms with van der Waals surface area (Å²) in [6, 6.07) is 9.39. The smallest absolute Gasteiger partial charge is 0.335 e. The number of aromatic nitrogens is 1. The van der Waals surface area contributed by atoms with E-state index in [1.807, 2.05) is 11.4 Å². The first-order valence-corrected chi connectivity index (χ1v) is 9.13. The van der Waals surface area contributed by atoms with E-state index in [4.69, 9.17) is 14.6 Å². The Morgan fingerprint density at radius 3 is 2.29 bits per heavy atom. The number of carboxylic acids is 1. The fraction of sp³-hybridized carbons (Fsp3) is 0.0952. The number of ketones is 1. The van der Waals surface area contributed by atoms with Crippen LogP contribution in [0.3, 0.4) is 0 Å². The van der Waals surface area contributed by atoms with Crippen molar-refractivity contribution in [3.05, 3.63) is 70.7 Å². The van der Waals surface area contributed by atoms with Crippen LogP contribution in [0.4, 0.5) is 0 Å². The fourth-order valence-electron chi connectivity index (χ4n) is 2.62. The maximum absolute atomic E-state index is 12.4. The molecule has 0 spiro atoms. The van der Waals surface area contributed by atoms with Crippen LogP contribution < -0.4 is 9.47 Å². The van der Waals surface area contributed by atoms with Gasteiger partial charge in [0.05, 0.1) is 25.3 Å². The molecule has 0 atom stereocenters. The van der Waals surface area contributed by atoms with Crippen LogP contribution >= 0.6 is 11.3 Å². The molecular formula is C21H17NO5S. The molecule has 0 fully saturated rings. The molecule has 0 bridgehead atoms. The summed E-state index contributed by atoms with van der Waals surface area (Å²) in [7, 11) is 3.12. The van der Waals surface area contributed by atoms with Crippen LogP contribution in [0.5, 0.6) is 11.5 Å². The van der Waals surface area contributed by atoms with E-state index in [-0.39, 0.29) is 11.3 Å². The van der Waals surface area contributed by atoms with E-state index in [2.05, 4.69) is 4.98 Å². The van der Waals surface area contributed by atoms with Gasteiger partial charge in [-0.3, -0.25) is 4.79 Å². The predicted octanol–water partition coefficient (Wildman–Crippen LogP) is 4.42. The highest BCUT2D eigenvalue weighted by atomic mass is 32.1. The first-order chi connectivity index (χ1) is 13.5. The van der Waals surface area contributed by atoms with E-state index in [0.717, 1.165) is 10.6 Å². The number of carbonyl (C=O) groups is 2. The van der Waals surface area contributed by atoms with Crippen LogP contribution in [0.25, 0.3) is 16.6 Å². The Bertz CT molecular complexity index is 1020. The highest BCUT2D eigenvalue weighted by Gasteiger charge is 2.14. The molecule has 3 aromatic rings. The third kappa shape index (κ3) is 4.10. The van der Waals surface area contributed by atoms with Crippen LogP contribution in [-0.4, -0.2) is 36.1 Å². The SMILES string of the molecule is COc1cc(OC)c(-c2nccs2)cc1C=CC(=O)c1ccc(C(=O)O)cc1. The molecule has 7 heteroatoms. The summed E-state index contributed by atoms with van der Waals surface area (Å²) in [5, 5.41) is 11.6. The average molecular weight is 395 g/mol. The lowest BCUT2D eigenvalue weighted by Crippen LogP contribution is -1.99.